The molecule has 0 N–H and O–H groups in total. The van der Waals surface area contributed by atoms with E-state index in [0.29, 0.717) is 5.56 Å². The van der Waals surface area contributed by atoms with Crippen LogP contribution in [0.5, 0.6) is 0 Å². The van der Waals surface area contributed by atoms with Crippen molar-refractivity contribution in [2.75, 3.05) is 6.66 Å². The van der Waals surface area contributed by atoms with Crippen molar-refractivity contribution in [1.82, 2.24) is 0 Å². The van der Waals surface area contributed by atoms with Gasteiger partial charge in [0.05, 0.1) is 0 Å². The molecule has 0 saturated carbocycles. The molecule has 0 amide bonds. The van der Waals surface area contributed by atoms with Gasteiger partial charge in [-0.15, -0.1) is 0 Å². The standard InChI is InChI=1S/C27H24BrO2P/c1-31(28,23-15-7-3-8-16-23,24-17-9-4-10-18-24)26-20-12-11-19-25(26)27(29)30-21-22-13-5-2-6-14-22/h2-20H,21H2,1H3. The van der Waals surface area contributed by atoms with Crippen molar-refractivity contribution in [3.8, 4) is 0 Å². The van der Waals surface area contributed by atoms with Gasteiger partial charge in [0, 0.05) is 0 Å². The van der Waals surface area contributed by atoms with Crippen LogP contribution in [0.1, 0.15) is 15.9 Å². The molecule has 31 heavy (non-hydrogen) atoms. The summed E-state index contributed by atoms with van der Waals surface area (Å²) < 4.78 is 5.73. The molecule has 0 fully saturated rings. The number of halogens is 1. The van der Waals surface area contributed by atoms with Crippen LogP contribution in [-0.4, -0.2) is 12.6 Å². The summed E-state index contributed by atoms with van der Waals surface area (Å²) in [4.78, 5) is 13.3. The molecule has 0 aromatic heterocycles. The fourth-order valence-corrected chi connectivity index (χ4v) is 10.0. The molecule has 156 valence electrons. The molecule has 0 unspecified atom stereocenters. The van der Waals surface area contributed by atoms with Gasteiger partial charge in [0.2, 0.25) is 0 Å². The minimum atomic E-state index is -3.09. The molecule has 4 rings (SSSR count). The SMILES string of the molecule is CP(Br)(c1ccccc1)(c1ccccc1)c1ccccc1C(=O)OCc1ccccc1. The number of ether oxygens (including phenoxy) is 1. The van der Waals surface area contributed by atoms with Gasteiger partial charge in [-0.1, -0.05) is 0 Å². The van der Waals surface area contributed by atoms with Gasteiger partial charge in [-0.3, -0.25) is 0 Å². The topological polar surface area (TPSA) is 26.3 Å². The van der Waals surface area contributed by atoms with Gasteiger partial charge in [0.15, 0.2) is 0 Å². The molecule has 0 aliphatic carbocycles. The Morgan fingerprint density at radius 3 is 1.71 bits per heavy atom. The van der Waals surface area contributed by atoms with Gasteiger partial charge in [-0.25, -0.2) is 0 Å². The molecule has 4 aromatic carbocycles. The first kappa shape index (κ1) is 21.5. The first-order chi connectivity index (χ1) is 15.0. The maximum atomic E-state index is 13.3. The third kappa shape index (κ3) is 4.08. The van der Waals surface area contributed by atoms with E-state index in [2.05, 4.69) is 46.4 Å². The Bertz CT molecular complexity index is 1130. The predicted molar refractivity (Wildman–Crippen MR) is 136 cm³/mol. The average molecular weight is 491 g/mol. The fraction of sp³-hybridized carbons (Fsp3) is 0.0741. The third-order valence-corrected chi connectivity index (χ3v) is 13.8. The van der Waals surface area contributed by atoms with Crippen molar-refractivity contribution in [2.24, 2.45) is 0 Å². The molecule has 0 aliphatic rings. The number of carbonyl (C=O) groups excluding carboxylic acids is 1. The first-order valence-electron chi connectivity index (χ1n) is 10.1. The van der Waals surface area contributed by atoms with Crippen LogP contribution in [0.3, 0.4) is 0 Å². The first-order valence-corrected chi connectivity index (χ1v) is 14.8. The summed E-state index contributed by atoms with van der Waals surface area (Å²) in [5, 5.41) is 0.182. The van der Waals surface area contributed by atoms with E-state index in [0.717, 1.165) is 21.5 Å². The van der Waals surface area contributed by atoms with E-state index in [1.54, 1.807) is 0 Å². The van der Waals surface area contributed by atoms with Crippen LogP contribution in [0.2, 0.25) is 0 Å². The van der Waals surface area contributed by atoms with E-state index < -0.39 is 5.31 Å². The van der Waals surface area contributed by atoms with Crippen molar-refractivity contribution in [3.63, 3.8) is 0 Å². The van der Waals surface area contributed by atoms with E-state index in [-0.39, 0.29) is 12.6 Å². The summed E-state index contributed by atoms with van der Waals surface area (Å²) in [5.41, 5.74) is 1.55. The van der Waals surface area contributed by atoms with Gasteiger partial charge in [-0.2, -0.15) is 0 Å². The molecule has 0 saturated heterocycles. The zero-order valence-corrected chi connectivity index (χ0v) is 19.8. The summed E-state index contributed by atoms with van der Waals surface area (Å²) in [6, 6.07) is 38.3. The van der Waals surface area contributed by atoms with E-state index in [1.807, 2.05) is 91.0 Å². The normalized spacial score (nSPS) is 12.5. The second kappa shape index (κ2) is 8.78. The molecule has 0 heterocycles. The zero-order valence-electron chi connectivity index (χ0n) is 17.3. The van der Waals surface area contributed by atoms with Crippen LogP contribution >= 0.6 is 20.8 Å². The van der Waals surface area contributed by atoms with Crippen LogP contribution in [0.25, 0.3) is 0 Å². The van der Waals surface area contributed by atoms with Crippen molar-refractivity contribution in [1.29, 1.82) is 0 Å². The van der Waals surface area contributed by atoms with Crippen LogP contribution < -0.4 is 15.9 Å². The van der Waals surface area contributed by atoms with Crippen molar-refractivity contribution in [3.05, 3.63) is 126 Å². The van der Waals surface area contributed by atoms with Crippen molar-refractivity contribution < 1.29 is 9.53 Å². The summed E-state index contributed by atoms with van der Waals surface area (Å²) in [6.45, 7) is 2.48. The van der Waals surface area contributed by atoms with Gasteiger partial charge < -0.3 is 0 Å². The molecule has 0 aliphatic heterocycles. The Balaban J connectivity index is 1.84. The quantitative estimate of drug-likeness (QED) is 0.251. The Labute approximate surface area is 191 Å². The molecule has 4 aromatic rings. The van der Waals surface area contributed by atoms with E-state index in [1.165, 1.54) is 0 Å². The second-order valence-corrected chi connectivity index (χ2v) is 17.4. The van der Waals surface area contributed by atoms with Crippen LogP contribution in [-0.2, 0) is 11.3 Å². The maximum absolute atomic E-state index is 13.3. The minimum absolute atomic E-state index is 0.243. The average Bonchev–Trinajstić information content (AvgIpc) is 2.84. The van der Waals surface area contributed by atoms with Gasteiger partial charge in [0.1, 0.15) is 0 Å². The fourth-order valence-electron chi connectivity index (χ4n) is 3.90. The predicted octanol–water partition coefficient (Wildman–Crippen LogP) is 5.81. The van der Waals surface area contributed by atoms with Gasteiger partial charge in [0.25, 0.3) is 0 Å². The zero-order chi connectivity index (χ0) is 21.8. The number of carbonyl (C=O) groups is 1. The molecule has 0 atom stereocenters. The van der Waals surface area contributed by atoms with Crippen LogP contribution in [0, 0.1) is 0 Å². The van der Waals surface area contributed by atoms with E-state index >= 15 is 0 Å². The molecule has 4 heteroatoms. The molecule has 0 spiro atoms. The molecule has 2 nitrogen and oxygen atoms in total. The van der Waals surface area contributed by atoms with E-state index in [9.17, 15) is 4.79 Å². The van der Waals surface area contributed by atoms with Crippen LogP contribution in [0.15, 0.2) is 115 Å². The van der Waals surface area contributed by atoms with Crippen LogP contribution in [0.4, 0.5) is 0 Å². The number of hydrogen-bond donors (Lipinski definition) is 0. The van der Waals surface area contributed by atoms with Crippen molar-refractivity contribution >= 4 is 42.7 Å². The van der Waals surface area contributed by atoms with Crippen molar-refractivity contribution in [2.45, 2.75) is 6.61 Å². The Hall–Kier alpha value is -2.74. The number of hydrogen-bond acceptors (Lipinski definition) is 2. The number of rotatable bonds is 6. The summed E-state index contributed by atoms with van der Waals surface area (Å²) in [7, 11) is 0. The second-order valence-electron chi connectivity index (χ2n) is 7.68. The summed E-state index contributed by atoms with van der Waals surface area (Å²) in [6.07, 6.45) is 0. The monoisotopic (exact) mass is 490 g/mol. The molecule has 0 radical (unpaired) electrons. The van der Waals surface area contributed by atoms with Gasteiger partial charge >= 0.3 is 192 Å². The van der Waals surface area contributed by atoms with E-state index in [4.69, 9.17) is 4.74 Å². The number of benzene rings is 4. The summed E-state index contributed by atoms with van der Waals surface area (Å²) in [5.74, 6) is -0.318. The molecule has 0 bridgehead atoms. The Morgan fingerprint density at radius 1 is 0.710 bits per heavy atom. The molecular weight excluding hydrogens is 467 g/mol. The Morgan fingerprint density at radius 2 is 1.16 bits per heavy atom. The molecular formula is C27H24BrO2P. The Kier molecular flexibility index (Phi) is 6.09. The number of esters is 1. The summed E-state index contributed by atoms with van der Waals surface area (Å²) >= 11 is 4.25. The third-order valence-electron chi connectivity index (χ3n) is 5.65. The van der Waals surface area contributed by atoms with Gasteiger partial charge in [-0.05, 0) is 0 Å².